The smallest absolute Gasteiger partial charge is 0.226 e. The Morgan fingerprint density at radius 1 is 1.32 bits per heavy atom. The van der Waals surface area contributed by atoms with Gasteiger partial charge in [-0.2, -0.15) is 0 Å². The molecule has 6 heteroatoms. The first kappa shape index (κ1) is 23.8. The monoisotopic (exact) mass is 416 g/mol. The SMILES string of the molecule is CCCC[C@@H](CCl)CC=C[C@H]1CC[C@H]2O[C@@H](CCCC(O)(O)C(=O)CO)C[C@H]12. The lowest BCUT2D eigenvalue weighted by Gasteiger charge is -2.20. The van der Waals surface area contributed by atoms with Crippen LogP contribution in [0.15, 0.2) is 12.2 Å². The molecule has 1 saturated heterocycles. The maximum Gasteiger partial charge on any atom is 0.226 e. The van der Waals surface area contributed by atoms with E-state index in [9.17, 15) is 15.0 Å². The highest BCUT2D eigenvalue weighted by molar-refractivity contribution is 6.18. The van der Waals surface area contributed by atoms with Crippen molar-refractivity contribution in [2.45, 2.75) is 89.1 Å². The summed E-state index contributed by atoms with van der Waals surface area (Å²) in [4.78, 5) is 11.3. The van der Waals surface area contributed by atoms with Crippen molar-refractivity contribution in [1.82, 2.24) is 0 Å². The highest BCUT2D eigenvalue weighted by atomic mass is 35.5. The molecular formula is C22H37ClO5. The zero-order chi connectivity index (χ0) is 20.6. The predicted molar refractivity (Wildman–Crippen MR) is 110 cm³/mol. The standard InChI is InChI=1S/C22H37ClO5/c1-2-3-6-16(14-23)7-4-8-17-10-11-20-19(17)13-18(28-20)9-5-12-22(26,27)21(25)15-24/h4,8,16-20,24,26-27H,2-3,5-7,9-15H2,1H3/t16-,17+,18+,19-,20-/m1/s1. The van der Waals surface area contributed by atoms with E-state index in [1.807, 2.05) is 0 Å². The Kier molecular flexibility index (Phi) is 9.91. The summed E-state index contributed by atoms with van der Waals surface area (Å²) in [6.45, 7) is 1.36. The number of fused-ring (bicyclic) bond motifs is 1. The highest BCUT2D eigenvalue weighted by Gasteiger charge is 2.43. The molecule has 2 rings (SSSR count). The fraction of sp³-hybridized carbons (Fsp3) is 0.864. The van der Waals surface area contributed by atoms with E-state index in [-0.39, 0.29) is 12.5 Å². The van der Waals surface area contributed by atoms with Crippen LogP contribution in [0.5, 0.6) is 0 Å². The number of alkyl halides is 1. The number of unbranched alkanes of at least 4 members (excludes halogenated alkanes) is 1. The second-order valence-corrected chi connectivity index (χ2v) is 8.86. The normalized spacial score (nSPS) is 28.8. The molecular weight excluding hydrogens is 380 g/mol. The van der Waals surface area contributed by atoms with Gasteiger partial charge < -0.3 is 20.1 Å². The molecule has 5 nitrogen and oxygen atoms in total. The lowest BCUT2D eigenvalue weighted by Crippen LogP contribution is -2.40. The van der Waals surface area contributed by atoms with E-state index in [0.29, 0.717) is 36.7 Å². The van der Waals surface area contributed by atoms with Crippen molar-refractivity contribution in [3.05, 3.63) is 12.2 Å². The highest BCUT2D eigenvalue weighted by Crippen LogP contribution is 2.45. The minimum atomic E-state index is -2.43. The third-order valence-electron chi connectivity index (χ3n) is 6.39. The number of Topliss-reactive ketones (excluding diaryl/α,β-unsaturated/α-hetero) is 1. The number of rotatable bonds is 13. The van der Waals surface area contributed by atoms with Crippen molar-refractivity contribution in [1.29, 1.82) is 0 Å². The van der Waals surface area contributed by atoms with Crippen LogP contribution in [-0.4, -0.2) is 51.6 Å². The van der Waals surface area contributed by atoms with Crippen LogP contribution in [0.25, 0.3) is 0 Å². The molecule has 0 aromatic heterocycles. The van der Waals surface area contributed by atoms with Crippen LogP contribution in [-0.2, 0) is 9.53 Å². The van der Waals surface area contributed by atoms with Gasteiger partial charge in [-0.3, -0.25) is 4.79 Å². The van der Waals surface area contributed by atoms with E-state index in [1.54, 1.807) is 0 Å². The Labute approximate surface area is 174 Å². The van der Waals surface area contributed by atoms with Gasteiger partial charge in [-0.05, 0) is 62.7 Å². The third-order valence-corrected chi connectivity index (χ3v) is 6.83. The Bertz CT molecular complexity index is 507. The zero-order valence-electron chi connectivity index (χ0n) is 17.1. The van der Waals surface area contributed by atoms with E-state index in [0.717, 1.165) is 25.1 Å². The van der Waals surface area contributed by atoms with Gasteiger partial charge in [0.05, 0.1) is 12.2 Å². The molecule has 0 spiro atoms. The maximum absolute atomic E-state index is 11.3. The second-order valence-electron chi connectivity index (χ2n) is 8.55. The zero-order valence-corrected chi connectivity index (χ0v) is 17.8. The molecule has 2 fully saturated rings. The van der Waals surface area contributed by atoms with Gasteiger partial charge in [0.25, 0.3) is 0 Å². The van der Waals surface area contributed by atoms with E-state index in [1.165, 1.54) is 25.7 Å². The quantitative estimate of drug-likeness (QED) is 0.243. The van der Waals surface area contributed by atoms with Gasteiger partial charge in [0.15, 0.2) is 0 Å². The average Bonchev–Trinajstić information content (AvgIpc) is 3.24. The first-order chi connectivity index (χ1) is 13.4. The molecule has 0 bridgehead atoms. The molecule has 1 heterocycles. The number of hydrogen-bond acceptors (Lipinski definition) is 5. The number of ketones is 1. The molecule has 0 aromatic carbocycles. The van der Waals surface area contributed by atoms with Gasteiger partial charge in [-0.15, -0.1) is 11.6 Å². The van der Waals surface area contributed by atoms with Crippen LogP contribution in [0.2, 0.25) is 0 Å². The lowest BCUT2D eigenvalue weighted by atomic mass is 9.89. The molecule has 0 amide bonds. The molecule has 0 unspecified atom stereocenters. The summed E-state index contributed by atoms with van der Waals surface area (Å²) in [5.41, 5.74) is 0. The van der Waals surface area contributed by atoms with Crippen molar-refractivity contribution >= 4 is 17.4 Å². The summed E-state index contributed by atoms with van der Waals surface area (Å²) < 4.78 is 6.17. The summed E-state index contributed by atoms with van der Waals surface area (Å²) in [6.07, 6.45) is 14.2. The first-order valence-corrected chi connectivity index (χ1v) is 11.4. The summed E-state index contributed by atoms with van der Waals surface area (Å²) >= 11 is 6.09. The van der Waals surface area contributed by atoms with Crippen LogP contribution in [0, 0.1) is 17.8 Å². The number of aliphatic hydroxyl groups excluding tert-OH is 1. The minimum absolute atomic E-state index is 0.0670. The van der Waals surface area contributed by atoms with E-state index in [4.69, 9.17) is 21.4 Å². The van der Waals surface area contributed by atoms with Gasteiger partial charge in [0.1, 0.15) is 6.61 Å². The molecule has 2 aliphatic rings. The molecule has 1 aliphatic heterocycles. The van der Waals surface area contributed by atoms with Gasteiger partial charge in [0.2, 0.25) is 11.6 Å². The Balaban J connectivity index is 1.74. The second kappa shape index (κ2) is 11.7. The topological polar surface area (TPSA) is 87.0 Å². The van der Waals surface area contributed by atoms with Gasteiger partial charge >= 0.3 is 0 Å². The van der Waals surface area contributed by atoms with Crippen LogP contribution in [0.1, 0.15) is 71.1 Å². The number of carbonyl (C=O) groups is 1. The van der Waals surface area contributed by atoms with Gasteiger partial charge in [-0.1, -0.05) is 31.9 Å². The molecule has 1 saturated carbocycles. The Morgan fingerprint density at radius 2 is 2.11 bits per heavy atom. The minimum Gasteiger partial charge on any atom is -0.388 e. The number of aliphatic hydroxyl groups is 3. The Hall–Kier alpha value is -0.460. The van der Waals surface area contributed by atoms with Crippen LogP contribution < -0.4 is 0 Å². The fourth-order valence-electron chi connectivity index (χ4n) is 4.63. The number of allylic oxidation sites excluding steroid dienone is 2. The van der Waals surface area contributed by atoms with Crippen LogP contribution in [0.3, 0.4) is 0 Å². The van der Waals surface area contributed by atoms with Crippen molar-refractivity contribution in [2.24, 2.45) is 17.8 Å². The molecule has 0 radical (unpaired) electrons. The van der Waals surface area contributed by atoms with Crippen LogP contribution >= 0.6 is 11.6 Å². The molecule has 162 valence electrons. The fourth-order valence-corrected chi connectivity index (χ4v) is 4.91. The first-order valence-electron chi connectivity index (χ1n) is 10.9. The van der Waals surface area contributed by atoms with Gasteiger partial charge in [0, 0.05) is 12.3 Å². The third kappa shape index (κ3) is 6.81. The summed E-state index contributed by atoms with van der Waals surface area (Å²) in [5.74, 6) is -0.980. The Morgan fingerprint density at radius 3 is 2.79 bits per heavy atom. The number of hydrogen-bond donors (Lipinski definition) is 3. The summed E-state index contributed by atoms with van der Waals surface area (Å²) in [6, 6.07) is 0. The predicted octanol–water partition coefficient (Wildman–Crippen LogP) is 3.57. The maximum atomic E-state index is 11.3. The summed E-state index contributed by atoms with van der Waals surface area (Å²) in [5, 5.41) is 28.1. The molecule has 28 heavy (non-hydrogen) atoms. The van der Waals surface area contributed by atoms with Crippen LogP contribution in [0.4, 0.5) is 0 Å². The molecule has 0 aromatic rings. The van der Waals surface area contributed by atoms with Crippen molar-refractivity contribution in [2.75, 3.05) is 12.5 Å². The lowest BCUT2D eigenvalue weighted by molar-refractivity contribution is -0.188. The van der Waals surface area contributed by atoms with Gasteiger partial charge in [-0.25, -0.2) is 0 Å². The number of ether oxygens (including phenoxy) is 1. The van der Waals surface area contributed by atoms with E-state index < -0.39 is 18.2 Å². The molecule has 5 atom stereocenters. The van der Waals surface area contributed by atoms with E-state index >= 15 is 0 Å². The van der Waals surface area contributed by atoms with Crippen molar-refractivity contribution in [3.8, 4) is 0 Å². The average molecular weight is 417 g/mol. The molecule has 1 aliphatic carbocycles. The van der Waals surface area contributed by atoms with Crippen molar-refractivity contribution < 1.29 is 24.9 Å². The van der Waals surface area contributed by atoms with E-state index in [2.05, 4.69) is 19.1 Å². The number of carbonyl (C=O) groups excluding carboxylic acids is 1. The number of halogens is 1. The largest absolute Gasteiger partial charge is 0.388 e. The summed E-state index contributed by atoms with van der Waals surface area (Å²) in [7, 11) is 0. The molecule has 3 N–H and O–H groups in total. The van der Waals surface area contributed by atoms with Crippen molar-refractivity contribution in [3.63, 3.8) is 0 Å².